The van der Waals surface area contributed by atoms with Gasteiger partial charge >= 0.3 is 0 Å². The van der Waals surface area contributed by atoms with Gasteiger partial charge in [-0.1, -0.05) is 6.92 Å². The molecule has 1 saturated heterocycles. The van der Waals surface area contributed by atoms with E-state index in [4.69, 9.17) is 0 Å². The normalized spacial score (nSPS) is 33.0. The van der Waals surface area contributed by atoms with Crippen molar-refractivity contribution < 1.29 is 0 Å². The van der Waals surface area contributed by atoms with E-state index in [2.05, 4.69) is 37.8 Å². The predicted octanol–water partition coefficient (Wildman–Crippen LogP) is 1.84. The Hall–Kier alpha value is 0.310. The quantitative estimate of drug-likeness (QED) is 0.604. The maximum atomic E-state index is 3.46. The monoisotopic (exact) mass is 145 g/mol. The van der Waals surface area contributed by atoms with Crippen molar-refractivity contribution in [2.75, 3.05) is 6.54 Å². The van der Waals surface area contributed by atoms with Crippen LogP contribution in [0.5, 0.6) is 0 Å². The molecule has 0 spiro atoms. The van der Waals surface area contributed by atoms with E-state index in [0.717, 1.165) is 5.25 Å². The van der Waals surface area contributed by atoms with E-state index in [1.165, 1.54) is 13.0 Å². The van der Waals surface area contributed by atoms with Crippen LogP contribution in [0.1, 0.15) is 27.2 Å². The highest BCUT2D eigenvalue weighted by molar-refractivity contribution is 8.01. The minimum atomic E-state index is 0.334. The number of nitrogens with one attached hydrogen (secondary N) is 1. The Morgan fingerprint density at radius 2 is 2.33 bits per heavy atom. The molecule has 1 aliphatic rings. The fourth-order valence-corrected chi connectivity index (χ4v) is 2.42. The van der Waals surface area contributed by atoms with Crippen LogP contribution >= 0.6 is 11.8 Å². The second-order valence-corrected chi connectivity index (χ2v) is 4.96. The molecule has 0 aromatic carbocycles. The summed E-state index contributed by atoms with van der Waals surface area (Å²) in [5, 5.41) is 4.31. The van der Waals surface area contributed by atoms with E-state index in [0.29, 0.717) is 4.87 Å². The molecule has 1 atom stereocenters. The highest BCUT2D eigenvalue weighted by Gasteiger charge is 2.29. The molecule has 0 aromatic heterocycles. The topological polar surface area (TPSA) is 12.0 Å². The smallest absolute Gasteiger partial charge is 0.0591 e. The zero-order valence-corrected chi connectivity index (χ0v) is 7.22. The molecule has 1 nitrogen and oxygen atoms in total. The zero-order chi connectivity index (χ0) is 6.91. The van der Waals surface area contributed by atoms with Crippen LogP contribution in [0.15, 0.2) is 0 Å². The lowest BCUT2D eigenvalue weighted by Crippen LogP contribution is -2.29. The van der Waals surface area contributed by atoms with Crippen molar-refractivity contribution in [1.82, 2.24) is 5.32 Å². The van der Waals surface area contributed by atoms with Crippen molar-refractivity contribution in [1.29, 1.82) is 0 Å². The zero-order valence-electron chi connectivity index (χ0n) is 6.40. The highest BCUT2D eigenvalue weighted by Crippen LogP contribution is 2.32. The Bertz CT molecular complexity index is 101. The molecular formula is C7H15NS. The van der Waals surface area contributed by atoms with Crippen molar-refractivity contribution >= 4 is 11.8 Å². The van der Waals surface area contributed by atoms with Crippen molar-refractivity contribution in [3.05, 3.63) is 0 Å². The van der Waals surface area contributed by atoms with Crippen LogP contribution in [-0.4, -0.2) is 16.7 Å². The standard InChI is InChI=1S/C7H15NS/c1-4-6-5-8-7(2,3)9-6/h6,8H,4-5H2,1-3H3. The third-order valence-electron chi connectivity index (χ3n) is 1.67. The summed E-state index contributed by atoms with van der Waals surface area (Å²) < 4.78 is 0. The van der Waals surface area contributed by atoms with Gasteiger partial charge in [-0.2, -0.15) is 0 Å². The molecule has 1 rings (SSSR count). The molecule has 1 aliphatic heterocycles. The molecule has 9 heavy (non-hydrogen) atoms. The van der Waals surface area contributed by atoms with E-state index < -0.39 is 0 Å². The Balaban J connectivity index is 2.38. The first-order valence-corrected chi connectivity index (χ1v) is 4.45. The van der Waals surface area contributed by atoms with Crippen molar-refractivity contribution in [2.24, 2.45) is 0 Å². The van der Waals surface area contributed by atoms with Crippen LogP contribution in [0.4, 0.5) is 0 Å². The lowest BCUT2D eigenvalue weighted by molar-refractivity contribution is 0.575. The Labute approximate surface area is 61.6 Å². The second-order valence-electron chi connectivity index (χ2n) is 3.04. The third-order valence-corrected chi connectivity index (χ3v) is 3.24. The Morgan fingerprint density at radius 1 is 1.67 bits per heavy atom. The molecule has 0 aliphatic carbocycles. The lowest BCUT2D eigenvalue weighted by Gasteiger charge is -2.16. The largest absolute Gasteiger partial charge is 0.302 e. The predicted molar refractivity (Wildman–Crippen MR) is 43.8 cm³/mol. The first-order chi connectivity index (χ1) is 4.14. The SMILES string of the molecule is CCC1CNC(C)(C)S1. The summed E-state index contributed by atoms with van der Waals surface area (Å²) in [6, 6.07) is 0. The van der Waals surface area contributed by atoms with Gasteiger partial charge in [0.1, 0.15) is 0 Å². The minimum Gasteiger partial charge on any atom is -0.302 e. The molecule has 0 aromatic rings. The summed E-state index contributed by atoms with van der Waals surface area (Å²) in [6.45, 7) is 7.93. The van der Waals surface area contributed by atoms with Gasteiger partial charge in [-0.05, 0) is 20.3 Å². The van der Waals surface area contributed by atoms with Crippen molar-refractivity contribution in [3.63, 3.8) is 0 Å². The van der Waals surface area contributed by atoms with Gasteiger partial charge in [0, 0.05) is 11.8 Å². The average Bonchev–Trinajstić information content (AvgIpc) is 2.10. The molecule has 1 heterocycles. The second kappa shape index (κ2) is 2.51. The van der Waals surface area contributed by atoms with Gasteiger partial charge < -0.3 is 5.32 Å². The molecule has 0 radical (unpaired) electrons. The molecule has 1 fully saturated rings. The van der Waals surface area contributed by atoms with Crippen LogP contribution in [0.2, 0.25) is 0 Å². The van der Waals surface area contributed by atoms with Crippen LogP contribution in [0.3, 0.4) is 0 Å². The van der Waals surface area contributed by atoms with Crippen LogP contribution in [0.25, 0.3) is 0 Å². The van der Waals surface area contributed by atoms with E-state index >= 15 is 0 Å². The third kappa shape index (κ3) is 1.87. The van der Waals surface area contributed by atoms with Gasteiger partial charge in [0.2, 0.25) is 0 Å². The highest BCUT2D eigenvalue weighted by atomic mass is 32.2. The van der Waals surface area contributed by atoms with Crippen molar-refractivity contribution in [2.45, 2.75) is 37.3 Å². The van der Waals surface area contributed by atoms with E-state index in [9.17, 15) is 0 Å². The van der Waals surface area contributed by atoms with Gasteiger partial charge in [0.25, 0.3) is 0 Å². The fraction of sp³-hybridized carbons (Fsp3) is 1.00. The van der Waals surface area contributed by atoms with Crippen LogP contribution in [-0.2, 0) is 0 Å². The Kier molecular flexibility index (Phi) is 2.07. The molecule has 2 heteroatoms. The van der Waals surface area contributed by atoms with E-state index in [-0.39, 0.29) is 0 Å². The number of hydrogen-bond acceptors (Lipinski definition) is 2. The number of hydrogen-bond donors (Lipinski definition) is 1. The molecule has 0 amide bonds. The molecule has 54 valence electrons. The molecule has 1 N–H and O–H groups in total. The summed E-state index contributed by atoms with van der Waals surface area (Å²) in [4.78, 5) is 0.334. The Morgan fingerprint density at radius 3 is 2.56 bits per heavy atom. The summed E-state index contributed by atoms with van der Waals surface area (Å²) in [7, 11) is 0. The molecule has 0 bridgehead atoms. The van der Waals surface area contributed by atoms with Gasteiger partial charge in [-0.25, -0.2) is 0 Å². The number of thioether (sulfide) groups is 1. The minimum absolute atomic E-state index is 0.334. The summed E-state index contributed by atoms with van der Waals surface area (Å²) in [5.74, 6) is 0. The maximum absolute atomic E-state index is 3.46. The van der Waals surface area contributed by atoms with E-state index in [1.807, 2.05) is 0 Å². The first kappa shape index (κ1) is 7.42. The summed E-state index contributed by atoms with van der Waals surface area (Å²) in [5.41, 5.74) is 0. The van der Waals surface area contributed by atoms with Gasteiger partial charge in [-0.3, -0.25) is 0 Å². The van der Waals surface area contributed by atoms with Gasteiger partial charge in [0.05, 0.1) is 4.87 Å². The molecule has 0 saturated carbocycles. The maximum Gasteiger partial charge on any atom is 0.0591 e. The van der Waals surface area contributed by atoms with E-state index in [1.54, 1.807) is 0 Å². The summed E-state index contributed by atoms with van der Waals surface area (Å²) in [6.07, 6.45) is 1.29. The number of rotatable bonds is 1. The molecular weight excluding hydrogens is 130 g/mol. The van der Waals surface area contributed by atoms with Crippen LogP contribution < -0.4 is 5.32 Å². The van der Waals surface area contributed by atoms with Gasteiger partial charge in [0.15, 0.2) is 0 Å². The molecule has 1 unspecified atom stereocenters. The first-order valence-electron chi connectivity index (χ1n) is 3.57. The fourth-order valence-electron chi connectivity index (χ4n) is 1.09. The van der Waals surface area contributed by atoms with Gasteiger partial charge in [-0.15, -0.1) is 11.8 Å². The van der Waals surface area contributed by atoms with Crippen LogP contribution in [0, 0.1) is 0 Å². The average molecular weight is 145 g/mol. The van der Waals surface area contributed by atoms with Crippen molar-refractivity contribution in [3.8, 4) is 0 Å². The lowest BCUT2D eigenvalue weighted by atomic mass is 10.3. The summed E-state index contributed by atoms with van der Waals surface area (Å²) >= 11 is 2.06.